The molecule has 1 N–H and O–H groups in total. The minimum Gasteiger partial charge on any atom is -0.495 e. The lowest BCUT2D eigenvalue weighted by Gasteiger charge is -2.12. The quantitative estimate of drug-likeness (QED) is 0.893. The Morgan fingerprint density at radius 2 is 2.00 bits per heavy atom. The van der Waals surface area contributed by atoms with E-state index in [1.165, 1.54) is 0 Å². The molecule has 0 spiro atoms. The Kier molecular flexibility index (Phi) is 4.43. The van der Waals surface area contributed by atoms with Crippen LogP contribution < -0.4 is 10.1 Å². The second-order valence-electron chi connectivity index (χ2n) is 4.28. The Labute approximate surface area is 120 Å². The van der Waals surface area contributed by atoms with Crippen LogP contribution in [0.3, 0.4) is 0 Å². The van der Waals surface area contributed by atoms with Gasteiger partial charge in [-0.05, 0) is 42.3 Å². The number of benzene rings is 2. The Balaban J connectivity index is 2.13. The number of anilines is 1. The lowest BCUT2D eigenvalue weighted by atomic mass is 10.1. The molecule has 2 aromatic rings. The largest absolute Gasteiger partial charge is 0.495 e. The lowest BCUT2D eigenvalue weighted by Crippen LogP contribution is -2.02. The Hall–Kier alpha value is -1.55. The average Bonchev–Trinajstić information content (AvgIpc) is 2.40. The highest BCUT2D eigenvalue weighted by Gasteiger charge is 2.04. The molecule has 0 fully saturated rings. The molecule has 2 nitrogen and oxygen atoms in total. The average molecular weight is 324 g/mol. The van der Waals surface area contributed by atoms with Gasteiger partial charge in [0.05, 0.1) is 12.8 Å². The second-order valence-corrected chi connectivity index (χ2v) is 5.20. The van der Waals surface area contributed by atoms with Crippen molar-refractivity contribution in [2.24, 2.45) is 0 Å². The first kappa shape index (κ1) is 13.9. The summed E-state index contributed by atoms with van der Waals surface area (Å²) in [5.74, 6) is 0.580. The Morgan fingerprint density at radius 3 is 2.68 bits per heavy atom. The fourth-order valence-electron chi connectivity index (χ4n) is 1.76. The van der Waals surface area contributed by atoms with Gasteiger partial charge < -0.3 is 10.1 Å². The first-order valence-corrected chi connectivity index (χ1v) is 6.72. The van der Waals surface area contributed by atoms with Crippen LogP contribution in [0.25, 0.3) is 0 Å². The monoisotopic (exact) mass is 323 g/mol. The van der Waals surface area contributed by atoms with Crippen LogP contribution in [0.4, 0.5) is 10.1 Å². The van der Waals surface area contributed by atoms with Crippen molar-refractivity contribution < 1.29 is 9.13 Å². The van der Waals surface area contributed by atoms with Crippen LogP contribution in [0.5, 0.6) is 5.75 Å². The van der Waals surface area contributed by atoms with Crippen molar-refractivity contribution in [2.75, 3.05) is 12.4 Å². The second kappa shape index (κ2) is 6.06. The van der Waals surface area contributed by atoms with Gasteiger partial charge in [-0.3, -0.25) is 0 Å². The van der Waals surface area contributed by atoms with E-state index in [-0.39, 0.29) is 5.82 Å². The molecule has 0 radical (unpaired) electrons. The summed E-state index contributed by atoms with van der Waals surface area (Å²) in [6, 6.07) is 11.0. The molecule has 0 aliphatic carbocycles. The summed E-state index contributed by atoms with van der Waals surface area (Å²) >= 11 is 3.42. The van der Waals surface area contributed by atoms with E-state index in [1.807, 2.05) is 24.3 Å². The standard InChI is InChI=1S/C15H15BrFNO/c1-10-3-4-11(7-13(10)17)9-18-14-8-12(16)5-6-15(14)19-2/h3-8,18H,9H2,1-2H3. The molecule has 0 unspecified atom stereocenters. The zero-order chi connectivity index (χ0) is 13.8. The van der Waals surface area contributed by atoms with Gasteiger partial charge in [-0.2, -0.15) is 0 Å². The third-order valence-electron chi connectivity index (χ3n) is 2.88. The molecule has 0 bridgehead atoms. The minimum absolute atomic E-state index is 0.180. The van der Waals surface area contributed by atoms with Crippen LogP contribution in [-0.2, 0) is 6.54 Å². The highest BCUT2D eigenvalue weighted by atomic mass is 79.9. The zero-order valence-corrected chi connectivity index (χ0v) is 12.4. The smallest absolute Gasteiger partial charge is 0.142 e. The van der Waals surface area contributed by atoms with Crippen molar-refractivity contribution in [3.8, 4) is 5.75 Å². The number of rotatable bonds is 4. The molecular formula is C15H15BrFNO. The van der Waals surface area contributed by atoms with E-state index in [2.05, 4.69) is 21.2 Å². The van der Waals surface area contributed by atoms with E-state index in [9.17, 15) is 4.39 Å². The molecule has 0 amide bonds. The van der Waals surface area contributed by atoms with Crippen molar-refractivity contribution in [1.82, 2.24) is 0 Å². The number of aryl methyl sites for hydroxylation is 1. The molecule has 19 heavy (non-hydrogen) atoms. The van der Waals surface area contributed by atoms with Crippen molar-refractivity contribution in [3.63, 3.8) is 0 Å². The van der Waals surface area contributed by atoms with Gasteiger partial charge in [0, 0.05) is 11.0 Å². The van der Waals surface area contributed by atoms with E-state index in [0.717, 1.165) is 21.5 Å². The van der Waals surface area contributed by atoms with Crippen LogP contribution in [0, 0.1) is 12.7 Å². The van der Waals surface area contributed by atoms with Gasteiger partial charge in [0.15, 0.2) is 0 Å². The summed E-state index contributed by atoms with van der Waals surface area (Å²) in [5.41, 5.74) is 2.42. The Morgan fingerprint density at radius 1 is 1.21 bits per heavy atom. The van der Waals surface area contributed by atoms with Crippen LogP contribution in [0.1, 0.15) is 11.1 Å². The summed E-state index contributed by atoms with van der Waals surface area (Å²) in [6.07, 6.45) is 0. The van der Waals surface area contributed by atoms with Gasteiger partial charge in [0.1, 0.15) is 11.6 Å². The zero-order valence-electron chi connectivity index (χ0n) is 10.8. The molecule has 2 aromatic carbocycles. The van der Waals surface area contributed by atoms with Gasteiger partial charge in [0.25, 0.3) is 0 Å². The molecule has 4 heteroatoms. The normalized spacial score (nSPS) is 10.3. The van der Waals surface area contributed by atoms with Crippen molar-refractivity contribution in [2.45, 2.75) is 13.5 Å². The first-order chi connectivity index (χ1) is 9.10. The maximum Gasteiger partial charge on any atom is 0.142 e. The van der Waals surface area contributed by atoms with Crippen molar-refractivity contribution >= 4 is 21.6 Å². The molecule has 0 saturated carbocycles. The number of methoxy groups -OCH3 is 1. The van der Waals surface area contributed by atoms with Gasteiger partial charge >= 0.3 is 0 Å². The molecule has 0 aliphatic heterocycles. The van der Waals surface area contributed by atoms with Gasteiger partial charge in [-0.1, -0.05) is 28.1 Å². The van der Waals surface area contributed by atoms with Crippen LogP contribution >= 0.6 is 15.9 Å². The van der Waals surface area contributed by atoms with E-state index in [0.29, 0.717) is 12.1 Å². The molecule has 0 atom stereocenters. The van der Waals surface area contributed by atoms with Gasteiger partial charge in [0.2, 0.25) is 0 Å². The summed E-state index contributed by atoms with van der Waals surface area (Å²) in [7, 11) is 1.62. The number of halogens is 2. The summed E-state index contributed by atoms with van der Waals surface area (Å²) in [5, 5.41) is 3.25. The summed E-state index contributed by atoms with van der Waals surface area (Å²) in [4.78, 5) is 0. The topological polar surface area (TPSA) is 21.3 Å². The fourth-order valence-corrected chi connectivity index (χ4v) is 2.12. The fraction of sp³-hybridized carbons (Fsp3) is 0.200. The van der Waals surface area contributed by atoms with E-state index < -0.39 is 0 Å². The predicted molar refractivity (Wildman–Crippen MR) is 79.2 cm³/mol. The minimum atomic E-state index is -0.180. The van der Waals surface area contributed by atoms with Crippen LogP contribution in [0.15, 0.2) is 40.9 Å². The molecule has 2 rings (SSSR count). The number of hydrogen-bond acceptors (Lipinski definition) is 2. The third kappa shape index (κ3) is 3.47. The number of ether oxygens (including phenoxy) is 1. The predicted octanol–water partition coefficient (Wildman–Crippen LogP) is 4.52. The maximum atomic E-state index is 13.5. The molecule has 100 valence electrons. The molecule has 0 saturated heterocycles. The molecular weight excluding hydrogens is 309 g/mol. The van der Waals surface area contributed by atoms with Gasteiger partial charge in [-0.15, -0.1) is 0 Å². The van der Waals surface area contributed by atoms with E-state index >= 15 is 0 Å². The number of nitrogens with one attached hydrogen (secondary N) is 1. The SMILES string of the molecule is COc1ccc(Br)cc1NCc1ccc(C)c(F)c1. The third-order valence-corrected chi connectivity index (χ3v) is 3.37. The highest BCUT2D eigenvalue weighted by molar-refractivity contribution is 9.10. The van der Waals surface area contributed by atoms with E-state index in [4.69, 9.17) is 4.74 Å². The molecule has 0 aromatic heterocycles. The van der Waals surface area contributed by atoms with Gasteiger partial charge in [-0.25, -0.2) is 4.39 Å². The van der Waals surface area contributed by atoms with Crippen molar-refractivity contribution in [3.05, 3.63) is 57.8 Å². The summed E-state index contributed by atoms with van der Waals surface area (Å²) < 4.78 is 19.7. The maximum absolute atomic E-state index is 13.5. The highest BCUT2D eigenvalue weighted by Crippen LogP contribution is 2.28. The van der Waals surface area contributed by atoms with E-state index in [1.54, 1.807) is 26.2 Å². The number of hydrogen-bond donors (Lipinski definition) is 1. The lowest BCUT2D eigenvalue weighted by molar-refractivity contribution is 0.416. The first-order valence-electron chi connectivity index (χ1n) is 5.92. The van der Waals surface area contributed by atoms with Crippen LogP contribution in [-0.4, -0.2) is 7.11 Å². The van der Waals surface area contributed by atoms with Crippen LogP contribution in [0.2, 0.25) is 0 Å². The molecule has 0 heterocycles. The summed E-state index contributed by atoms with van der Waals surface area (Å²) in [6.45, 7) is 2.30. The van der Waals surface area contributed by atoms with Crippen molar-refractivity contribution in [1.29, 1.82) is 0 Å². The Bertz CT molecular complexity index is 586. The molecule has 0 aliphatic rings.